The average Bonchev–Trinajstić information content (AvgIpc) is 3.49. The van der Waals surface area contributed by atoms with Gasteiger partial charge in [0, 0.05) is 16.8 Å². The van der Waals surface area contributed by atoms with Crippen LogP contribution in [0.25, 0.3) is 65.7 Å². The van der Waals surface area contributed by atoms with Crippen molar-refractivity contribution in [3.05, 3.63) is 170 Å². The molecular formula is C46H28BN. The maximum atomic E-state index is 2.54. The Morgan fingerprint density at radius 2 is 1.00 bits per heavy atom. The summed E-state index contributed by atoms with van der Waals surface area (Å²) >= 11 is 0. The van der Waals surface area contributed by atoms with Crippen molar-refractivity contribution < 1.29 is 0 Å². The Kier molecular flexibility index (Phi) is 5.26. The quantitative estimate of drug-likeness (QED) is 0.143. The van der Waals surface area contributed by atoms with Crippen molar-refractivity contribution in [1.82, 2.24) is 0 Å². The van der Waals surface area contributed by atoms with E-state index in [9.17, 15) is 0 Å². The van der Waals surface area contributed by atoms with Crippen LogP contribution in [0.1, 0.15) is 0 Å². The largest absolute Gasteiger partial charge is 0.311 e. The molecule has 2 aliphatic rings. The van der Waals surface area contributed by atoms with Crippen LogP contribution in [0.2, 0.25) is 0 Å². The molecule has 0 unspecified atom stereocenters. The Bertz CT molecular complexity index is 2730. The zero-order valence-corrected chi connectivity index (χ0v) is 26.2. The third-order valence-electron chi connectivity index (χ3n) is 10.8. The Morgan fingerprint density at radius 3 is 1.85 bits per heavy atom. The predicted octanol–water partition coefficient (Wildman–Crippen LogP) is 10.2. The molecule has 0 atom stereocenters. The summed E-state index contributed by atoms with van der Waals surface area (Å²) in [5, 5.41) is 7.87. The number of hydrogen-bond acceptors (Lipinski definition) is 1. The molecule has 0 N–H and O–H groups in total. The minimum atomic E-state index is 0.192. The first kappa shape index (κ1) is 26.0. The summed E-state index contributed by atoms with van der Waals surface area (Å²) in [6.45, 7) is 0.192. The fourth-order valence-corrected chi connectivity index (χ4v) is 8.82. The predicted molar refractivity (Wildman–Crippen MR) is 206 cm³/mol. The smallest absolute Gasteiger partial charge is 0.248 e. The van der Waals surface area contributed by atoms with Gasteiger partial charge in [0.15, 0.2) is 0 Å². The van der Waals surface area contributed by atoms with Gasteiger partial charge in [-0.15, -0.1) is 0 Å². The molecule has 0 bridgehead atoms. The van der Waals surface area contributed by atoms with Gasteiger partial charge in [0.05, 0.1) is 5.69 Å². The van der Waals surface area contributed by atoms with Crippen molar-refractivity contribution in [2.45, 2.75) is 0 Å². The average molecular weight is 606 g/mol. The second kappa shape index (κ2) is 9.70. The maximum absolute atomic E-state index is 2.54. The lowest BCUT2D eigenvalue weighted by molar-refractivity contribution is 1.31. The first-order valence-electron chi connectivity index (χ1n) is 16.8. The fourth-order valence-electron chi connectivity index (χ4n) is 8.82. The van der Waals surface area contributed by atoms with Crippen LogP contribution in [0.5, 0.6) is 0 Å². The van der Waals surface area contributed by atoms with Crippen LogP contribution in [0.3, 0.4) is 0 Å². The van der Waals surface area contributed by atoms with E-state index in [0.717, 1.165) is 0 Å². The van der Waals surface area contributed by atoms with Gasteiger partial charge in [0.2, 0.25) is 6.71 Å². The third-order valence-corrected chi connectivity index (χ3v) is 10.8. The number of para-hydroxylation sites is 1. The van der Waals surface area contributed by atoms with Gasteiger partial charge in [-0.2, -0.15) is 0 Å². The van der Waals surface area contributed by atoms with E-state index in [1.54, 1.807) is 0 Å². The molecule has 11 rings (SSSR count). The van der Waals surface area contributed by atoms with Crippen LogP contribution < -0.4 is 21.3 Å². The molecule has 9 aromatic rings. The lowest BCUT2D eigenvalue weighted by Crippen LogP contribution is -2.54. The summed E-state index contributed by atoms with van der Waals surface area (Å²) in [7, 11) is 0. The highest BCUT2D eigenvalue weighted by Crippen LogP contribution is 2.46. The number of rotatable bonds is 3. The zero-order valence-electron chi connectivity index (χ0n) is 26.2. The molecule has 0 amide bonds. The summed E-state index contributed by atoms with van der Waals surface area (Å²) in [5.41, 5.74) is 15.6. The highest BCUT2D eigenvalue weighted by Gasteiger charge is 2.42. The van der Waals surface area contributed by atoms with Gasteiger partial charge < -0.3 is 4.90 Å². The molecule has 0 fully saturated rings. The van der Waals surface area contributed by atoms with Gasteiger partial charge in [0.25, 0.3) is 0 Å². The number of hydrogen-bond donors (Lipinski definition) is 0. The lowest BCUT2D eigenvalue weighted by atomic mass is 9.37. The minimum absolute atomic E-state index is 0.192. The van der Waals surface area contributed by atoms with E-state index in [1.807, 2.05) is 0 Å². The molecule has 0 spiro atoms. The van der Waals surface area contributed by atoms with Gasteiger partial charge in [-0.25, -0.2) is 0 Å². The van der Waals surface area contributed by atoms with E-state index in [0.29, 0.717) is 0 Å². The summed E-state index contributed by atoms with van der Waals surface area (Å²) in [6.07, 6.45) is 0. The molecule has 0 aliphatic carbocycles. The fraction of sp³-hybridized carbons (Fsp3) is 0. The minimum Gasteiger partial charge on any atom is -0.311 e. The molecule has 2 aliphatic heterocycles. The molecule has 2 heterocycles. The van der Waals surface area contributed by atoms with E-state index in [2.05, 4.69) is 175 Å². The van der Waals surface area contributed by atoms with Crippen LogP contribution in [-0.4, -0.2) is 6.71 Å². The monoisotopic (exact) mass is 605 g/mol. The van der Waals surface area contributed by atoms with E-state index in [4.69, 9.17) is 0 Å². The van der Waals surface area contributed by atoms with Crippen molar-refractivity contribution in [3.63, 3.8) is 0 Å². The van der Waals surface area contributed by atoms with Gasteiger partial charge in [0.1, 0.15) is 0 Å². The number of fused-ring (bicyclic) bond motifs is 5. The number of anilines is 3. The lowest BCUT2D eigenvalue weighted by Gasteiger charge is -2.36. The summed E-state index contributed by atoms with van der Waals surface area (Å²) < 4.78 is 0. The van der Waals surface area contributed by atoms with Gasteiger partial charge in [-0.1, -0.05) is 151 Å². The normalized spacial score (nSPS) is 12.9. The topological polar surface area (TPSA) is 3.24 Å². The SMILES string of the molecule is c1ccc(-c2ccccc2-c2ccc3c(c2)-c2cccc4c2B3c2ccccc2N4c2ccc3ccc4cccc5ccc2c3c45)cc1. The molecule has 1 nitrogen and oxygen atoms in total. The van der Waals surface area contributed by atoms with Crippen LogP contribution in [0.4, 0.5) is 17.1 Å². The van der Waals surface area contributed by atoms with Crippen molar-refractivity contribution in [2.75, 3.05) is 4.90 Å². The summed E-state index contributed by atoms with van der Waals surface area (Å²) in [6, 6.07) is 63.1. The molecule has 0 saturated carbocycles. The zero-order chi connectivity index (χ0) is 31.3. The van der Waals surface area contributed by atoms with E-state index >= 15 is 0 Å². The van der Waals surface area contributed by atoms with Crippen molar-refractivity contribution in [3.8, 4) is 33.4 Å². The van der Waals surface area contributed by atoms with Crippen LogP contribution in [0, 0.1) is 0 Å². The van der Waals surface area contributed by atoms with Crippen molar-refractivity contribution >= 4 is 72.5 Å². The Labute approximate surface area is 279 Å². The molecule has 0 radical (unpaired) electrons. The maximum Gasteiger partial charge on any atom is 0.248 e. The molecule has 48 heavy (non-hydrogen) atoms. The molecule has 0 aromatic heterocycles. The first-order valence-corrected chi connectivity index (χ1v) is 16.8. The second-order valence-electron chi connectivity index (χ2n) is 13.2. The van der Waals surface area contributed by atoms with E-state index in [1.165, 1.54) is 99.1 Å². The highest BCUT2D eigenvalue weighted by atomic mass is 15.2. The molecule has 220 valence electrons. The van der Waals surface area contributed by atoms with Crippen LogP contribution in [0.15, 0.2) is 170 Å². The molecular weight excluding hydrogens is 577 g/mol. The Morgan fingerprint density at radius 1 is 0.354 bits per heavy atom. The van der Waals surface area contributed by atoms with Crippen LogP contribution in [-0.2, 0) is 0 Å². The van der Waals surface area contributed by atoms with E-state index < -0.39 is 0 Å². The Balaban J connectivity index is 1.15. The van der Waals surface area contributed by atoms with Gasteiger partial charge in [-0.3, -0.25) is 0 Å². The number of nitrogens with zero attached hydrogens (tertiary/aromatic N) is 1. The molecule has 9 aromatic carbocycles. The van der Waals surface area contributed by atoms with Gasteiger partial charge in [-0.05, 0) is 95.5 Å². The standard InChI is InChI=1S/C46H28BN/c1-2-10-29(11-3-1)34-14-4-5-15-35(34)33-23-26-39-38(28-33)36-16-9-19-43-46(36)47(39)40-17-6-7-18-42(40)48(43)41-27-24-32-21-20-30-12-8-13-31-22-25-37(41)45(32)44(30)31/h1-28H. The number of benzene rings is 9. The first-order chi connectivity index (χ1) is 23.8. The molecule has 2 heteroatoms. The van der Waals surface area contributed by atoms with Crippen molar-refractivity contribution in [2.24, 2.45) is 0 Å². The van der Waals surface area contributed by atoms with Crippen molar-refractivity contribution in [1.29, 1.82) is 0 Å². The third kappa shape index (κ3) is 3.47. The van der Waals surface area contributed by atoms with Gasteiger partial charge >= 0.3 is 0 Å². The Hall–Kier alpha value is -6.12. The summed E-state index contributed by atoms with van der Waals surface area (Å²) in [5.74, 6) is 0. The highest BCUT2D eigenvalue weighted by molar-refractivity contribution is 7.01. The van der Waals surface area contributed by atoms with Crippen LogP contribution >= 0.6 is 0 Å². The van der Waals surface area contributed by atoms with E-state index in [-0.39, 0.29) is 6.71 Å². The molecule has 0 saturated heterocycles. The summed E-state index contributed by atoms with van der Waals surface area (Å²) in [4.78, 5) is 2.54. The second-order valence-corrected chi connectivity index (χ2v) is 13.2.